The van der Waals surface area contributed by atoms with Crippen LogP contribution in [0.15, 0.2) is 11.3 Å². The number of nitrogens with zero attached hydrogens (tertiary/aromatic N) is 1. The minimum Gasteiger partial charge on any atom is -0.380 e. The van der Waals surface area contributed by atoms with Crippen LogP contribution in [0, 0.1) is 17.8 Å². The van der Waals surface area contributed by atoms with Gasteiger partial charge in [0, 0.05) is 25.4 Å². The lowest BCUT2D eigenvalue weighted by Crippen LogP contribution is -2.28. The minimum atomic E-state index is -0.282. The highest BCUT2D eigenvalue weighted by molar-refractivity contribution is 5.92. The number of allylic oxidation sites excluding steroid dienone is 1. The van der Waals surface area contributed by atoms with Crippen LogP contribution in [0.2, 0.25) is 0 Å². The van der Waals surface area contributed by atoms with Crippen LogP contribution >= 0.6 is 0 Å². The van der Waals surface area contributed by atoms with Gasteiger partial charge in [-0.3, -0.25) is 4.79 Å². The number of amides is 1. The molecular formula is C14H28N2O. The first-order chi connectivity index (χ1) is 7.68. The van der Waals surface area contributed by atoms with Crippen molar-refractivity contribution in [2.75, 3.05) is 14.1 Å². The third-order valence-electron chi connectivity index (χ3n) is 3.13. The first kappa shape index (κ1) is 16.0. The van der Waals surface area contributed by atoms with Gasteiger partial charge < -0.3 is 10.6 Å². The fourth-order valence-corrected chi connectivity index (χ4v) is 2.01. The van der Waals surface area contributed by atoms with Crippen molar-refractivity contribution in [3.63, 3.8) is 0 Å². The van der Waals surface area contributed by atoms with E-state index < -0.39 is 0 Å². The molecule has 0 fully saturated rings. The number of rotatable bonds is 6. The van der Waals surface area contributed by atoms with E-state index in [1.54, 1.807) is 0 Å². The summed E-state index contributed by atoms with van der Waals surface area (Å²) in [6.07, 6.45) is 0.750. The van der Waals surface area contributed by atoms with Crippen molar-refractivity contribution in [1.29, 1.82) is 0 Å². The molecule has 0 saturated carbocycles. The molecule has 0 aliphatic heterocycles. The van der Waals surface area contributed by atoms with Crippen LogP contribution in [0.5, 0.6) is 0 Å². The first-order valence-corrected chi connectivity index (χ1v) is 6.38. The smallest absolute Gasteiger partial charge is 0.246 e. The highest BCUT2D eigenvalue weighted by Crippen LogP contribution is 2.27. The molecule has 0 aromatic heterocycles. The lowest BCUT2D eigenvalue weighted by Gasteiger charge is -2.29. The molecule has 1 unspecified atom stereocenters. The van der Waals surface area contributed by atoms with E-state index in [1.165, 1.54) is 0 Å². The number of hydrogen-bond donors (Lipinski definition) is 1. The summed E-state index contributed by atoms with van der Waals surface area (Å²) in [5, 5.41) is 0. The zero-order valence-electron chi connectivity index (χ0n) is 12.4. The van der Waals surface area contributed by atoms with Crippen molar-refractivity contribution in [2.24, 2.45) is 23.5 Å². The van der Waals surface area contributed by atoms with Crippen molar-refractivity contribution in [1.82, 2.24) is 4.90 Å². The molecule has 3 nitrogen and oxygen atoms in total. The predicted molar refractivity (Wildman–Crippen MR) is 73.4 cm³/mol. The molecular weight excluding hydrogens is 212 g/mol. The van der Waals surface area contributed by atoms with Crippen LogP contribution in [-0.4, -0.2) is 24.9 Å². The molecule has 17 heavy (non-hydrogen) atoms. The van der Waals surface area contributed by atoms with Gasteiger partial charge in [0.15, 0.2) is 0 Å². The molecule has 1 atom stereocenters. The summed E-state index contributed by atoms with van der Waals surface area (Å²) in [5.74, 6) is 0.988. The number of carbonyl (C=O) groups is 1. The molecule has 0 aliphatic rings. The Balaban J connectivity index is 5.50. The molecule has 0 spiro atoms. The van der Waals surface area contributed by atoms with Gasteiger partial charge in [-0.15, -0.1) is 0 Å². The monoisotopic (exact) mass is 240 g/mol. The van der Waals surface area contributed by atoms with Gasteiger partial charge in [0.05, 0.1) is 0 Å². The molecule has 0 heterocycles. The Morgan fingerprint density at radius 1 is 1.12 bits per heavy atom. The number of primary amides is 1. The minimum absolute atomic E-state index is 0.282. The third-order valence-corrected chi connectivity index (χ3v) is 3.13. The van der Waals surface area contributed by atoms with Crippen molar-refractivity contribution in [2.45, 2.75) is 41.0 Å². The van der Waals surface area contributed by atoms with E-state index in [9.17, 15) is 4.79 Å². The Morgan fingerprint density at radius 2 is 1.59 bits per heavy atom. The van der Waals surface area contributed by atoms with E-state index in [1.807, 2.05) is 19.0 Å². The zero-order valence-corrected chi connectivity index (χ0v) is 12.4. The standard InChI is InChI=1S/C14H28N2O/c1-9(2)8-12(14(15)17)13(16(6)7)11(5)10(3)4/h9-11H,8H2,1-7H3,(H2,15,17)/b13-12-. The highest BCUT2D eigenvalue weighted by atomic mass is 16.1. The van der Waals surface area contributed by atoms with E-state index >= 15 is 0 Å². The Kier molecular flexibility index (Phi) is 6.29. The molecule has 0 rings (SSSR count). The summed E-state index contributed by atoms with van der Waals surface area (Å²) >= 11 is 0. The van der Waals surface area contributed by atoms with Gasteiger partial charge in [0.25, 0.3) is 0 Å². The van der Waals surface area contributed by atoms with Crippen LogP contribution in [0.4, 0.5) is 0 Å². The molecule has 1 amide bonds. The number of hydrogen-bond acceptors (Lipinski definition) is 2. The van der Waals surface area contributed by atoms with Crippen LogP contribution in [0.3, 0.4) is 0 Å². The molecule has 0 bridgehead atoms. The molecule has 2 N–H and O–H groups in total. The Hall–Kier alpha value is -0.990. The summed E-state index contributed by atoms with van der Waals surface area (Å²) in [7, 11) is 3.97. The van der Waals surface area contributed by atoms with Crippen molar-refractivity contribution >= 4 is 5.91 Å². The van der Waals surface area contributed by atoms with E-state index in [0.29, 0.717) is 17.8 Å². The van der Waals surface area contributed by atoms with Gasteiger partial charge in [-0.2, -0.15) is 0 Å². The summed E-state index contributed by atoms with van der Waals surface area (Å²) in [4.78, 5) is 13.7. The second-order valence-electron chi connectivity index (χ2n) is 5.75. The maximum Gasteiger partial charge on any atom is 0.246 e. The normalized spacial score (nSPS) is 14.9. The number of nitrogens with two attached hydrogens (primary N) is 1. The average Bonchev–Trinajstić information content (AvgIpc) is 2.14. The van der Waals surface area contributed by atoms with Crippen LogP contribution in [-0.2, 0) is 4.79 Å². The quantitative estimate of drug-likeness (QED) is 0.725. The van der Waals surface area contributed by atoms with Crippen molar-refractivity contribution in [3.8, 4) is 0 Å². The van der Waals surface area contributed by atoms with E-state index in [-0.39, 0.29) is 5.91 Å². The maximum atomic E-state index is 11.6. The van der Waals surface area contributed by atoms with E-state index in [4.69, 9.17) is 5.73 Å². The molecule has 3 heteroatoms. The van der Waals surface area contributed by atoms with Crippen molar-refractivity contribution in [3.05, 3.63) is 11.3 Å². The van der Waals surface area contributed by atoms with Crippen LogP contribution in [0.25, 0.3) is 0 Å². The van der Waals surface area contributed by atoms with Gasteiger partial charge in [-0.1, -0.05) is 34.6 Å². The first-order valence-electron chi connectivity index (χ1n) is 6.38. The molecule has 0 aromatic rings. The van der Waals surface area contributed by atoms with Gasteiger partial charge in [-0.05, 0) is 24.2 Å². The van der Waals surface area contributed by atoms with Gasteiger partial charge >= 0.3 is 0 Å². The fraction of sp³-hybridized carbons (Fsp3) is 0.786. The second kappa shape index (κ2) is 6.67. The van der Waals surface area contributed by atoms with E-state index in [2.05, 4.69) is 34.6 Å². The van der Waals surface area contributed by atoms with E-state index in [0.717, 1.165) is 17.7 Å². The maximum absolute atomic E-state index is 11.6. The zero-order chi connectivity index (χ0) is 13.7. The van der Waals surface area contributed by atoms with Gasteiger partial charge in [-0.25, -0.2) is 0 Å². The predicted octanol–water partition coefficient (Wildman–Crippen LogP) is 2.63. The molecule has 0 aliphatic carbocycles. The van der Waals surface area contributed by atoms with Gasteiger partial charge in [0.2, 0.25) is 5.91 Å². The lowest BCUT2D eigenvalue weighted by molar-refractivity contribution is -0.115. The Labute approximate surface area is 106 Å². The Morgan fingerprint density at radius 3 is 1.82 bits per heavy atom. The summed E-state index contributed by atoms with van der Waals surface area (Å²) in [5.41, 5.74) is 7.41. The number of carbonyl (C=O) groups excluding carboxylic acids is 1. The second-order valence-corrected chi connectivity index (χ2v) is 5.75. The molecule has 100 valence electrons. The summed E-state index contributed by atoms with van der Waals surface area (Å²) < 4.78 is 0. The summed E-state index contributed by atoms with van der Waals surface area (Å²) in [6.45, 7) is 10.7. The third kappa shape index (κ3) is 4.80. The topological polar surface area (TPSA) is 46.3 Å². The molecule has 0 aromatic carbocycles. The van der Waals surface area contributed by atoms with Crippen LogP contribution in [0.1, 0.15) is 41.0 Å². The fourth-order valence-electron chi connectivity index (χ4n) is 2.01. The SMILES string of the molecule is CC(C)C/C(C(N)=O)=C(\C(C)C(C)C)N(C)C. The largest absolute Gasteiger partial charge is 0.380 e. The lowest BCUT2D eigenvalue weighted by atomic mass is 9.88. The van der Waals surface area contributed by atoms with Crippen molar-refractivity contribution < 1.29 is 4.79 Å². The highest BCUT2D eigenvalue weighted by Gasteiger charge is 2.22. The summed E-state index contributed by atoms with van der Waals surface area (Å²) in [6, 6.07) is 0. The van der Waals surface area contributed by atoms with Crippen LogP contribution < -0.4 is 5.73 Å². The molecule has 0 saturated heterocycles. The Bertz CT molecular complexity index is 291. The average molecular weight is 240 g/mol. The van der Waals surface area contributed by atoms with Gasteiger partial charge in [0.1, 0.15) is 0 Å². The molecule has 0 radical (unpaired) electrons.